The first-order valence-electron chi connectivity index (χ1n) is 5.26. The van der Waals surface area contributed by atoms with Crippen LogP contribution in [0.3, 0.4) is 0 Å². The Kier molecular flexibility index (Phi) is 3.17. The molecule has 2 rings (SSSR count). The number of alkyl halides is 3. The van der Waals surface area contributed by atoms with Crippen LogP contribution >= 0.6 is 11.6 Å². The van der Waals surface area contributed by atoms with Gasteiger partial charge in [-0.2, -0.15) is 18.3 Å². The predicted octanol–water partition coefficient (Wildman–Crippen LogP) is 3.14. The van der Waals surface area contributed by atoms with E-state index in [-0.39, 0.29) is 11.4 Å². The number of hydrogen-bond acceptors (Lipinski definition) is 3. The molecule has 0 aliphatic rings. The van der Waals surface area contributed by atoms with Crippen molar-refractivity contribution >= 4 is 17.3 Å². The molecule has 8 heteroatoms. The van der Waals surface area contributed by atoms with Crippen molar-refractivity contribution in [2.75, 3.05) is 5.73 Å². The Bertz CT molecular complexity index is 634. The summed E-state index contributed by atoms with van der Waals surface area (Å²) in [5.41, 5.74) is 5.87. The van der Waals surface area contributed by atoms with Crippen LogP contribution in [0.1, 0.15) is 17.1 Å². The van der Waals surface area contributed by atoms with E-state index < -0.39 is 11.9 Å². The zero-order valence-electron chi connectivity index (χ0n) is 10.1. The Morgan fingerprint density at radius 1 is 1.32 bits per heavy atom. The Morgan fingerprint density at radius 3 is 2.42 bits per heavy atom. The summed E-state index contributed by atoms with van der Waals surface area (Å²) in [6, 6.07) is 0.852. The average molecular weight is 291 g/mol. The average Bonchev–Trinajstić information content (AvgIpc) is 2.56. The van der Waals surface area contributed by atoms with Crippen molar-refractivity contribution in [2.45, 2.75) is 20.0 Å². The maximum absolute atomic E-state index is 12.6. The van der Waals surface area contributed by atoms with Crippen LogP contribution in [-0.4, -0.2) is 14.8 Å². The summed E-state index contributed by atoms with van der Waals surface area (Å²) in [7, 11) is 0. The monoisotopic (exact) mass is 290 g/mol. The van der Waals surface area contributed by atoms with Gasteiger partial charge >= 0.3 is 6.18 Å². The van der Waals surface area contributed by atoms with E-state index in [4.69, 9.17) is 17.3 Å². The summed E-state index contributed by atoms with van der Waals surface area (Å²) in [5, 5.41) is 4.47. The molecule has 0 aromatic carbocycles. The molecule has 102 valence electrons. The van der Waals surface area contributed by atoms with Gasteiger partial charge in [-0.05, 0) is 19.9 Å². The zero-order chi connectivity index (χ0) is 14.4. The maximum Gasteiger partial charge on any atom is 0.433 e. The number of hydrogen-bond donors (Lipinski definition) is 1. The van der Waals surface area contributed by atoms with E-state index in [9.17, 15) is 13.2 Å². The summed E-state index contributed by atoms with van der Waals surface area (Å²) in [6.07, 6.45) is -3.58. The van der Waals surface area contributed by atoms with Crippen molar-refractivity contribution < 1.29 is 13.2 Å². The van der Waals surface area contributed by atoms with E-state index in [1.165, 1.54) is 4.68 Å². The lowest BCUT2D eigenvalue weighted by molar-refractivity contribution is -0.141. The van der Waals surface area contributed by atoms with Crippen LogP contribution in [0.15, 0.2) is 12.3 Å². The standard InChI is InChI=1S/C11H10ClF3N4/c1-5-10(12)6(2)19(18-5)8-3-9(11(13,14)15)17-4-7(8)16/h3-4H,16H2,1-2H3. The topological polar surface area (TPSA) is 56.7 Å². The SMILES string of the molecule is Cc1nn(-c2cc(C(F)(F)F)ncc2N)c(C)c1Cl. The molecule has 0 aliphatic heterocycles. The van der Waals surface area contributed by atoms with Gasteiger partial charge in [-0.15, -0.1) is 0 Å². The van der Waals surface area contributed by atoms with Gasteiger partial charge in [0.05, 0.1) is 34.0 Å². The smallest absolute Gasteiger partial charge is 0.396 e. The zero-order valence-corrected chi connectivity index (χ0v) is 10.8. The van der Waals surface area contributed by atoms with Gasteiger partial charge < -0.3 is 5.73 Å². The Balaban J connectivity index is 2.65. The molecule has 0 radical (unpaired) electrons. The molecule has 0 unspecified atom stereocenters. The van der Waals surface area contributed by atoms with E-state index in [0.717, 1.165) is 12.3 Å². The first kappa shape index (κ1) is 13.7. The molecular formula is C11H10ClF3N4. The van der Waals surface area contributed by atoms with E-state index in [1.807, 2.05) is 0 Å². The number of nitrogen functional groups attached to an aromatic ring is 1. The number of aryl methyl sites for hydroxylation is 1. The van der Waals surface area contributed by atoms with Crippen molar-refractivity contribution in [3.8, 4) is 5.69 Å². The highest BCUT2D eigenvalue weighted by atomic mass is 35.5. The molecule has 0 amide bonds. The van der Waals surface area contributed by atoms with Crippen LogP contribution < -0.4 is 5.73 Å². The highest BCUT2D eigenvalue weighted by Gasteiger charge is 2.33. The minimum absolute atomic E-state index is 0.0928. The number of nitrogens with zero attached hydrogens (tertiary/aromatic N) is 3. The minimum Gasteiger partial charge on any atom is -0.396 e. The Morgan fingerprint density at radius 2 is 1.95 bits per heavy atom. The number of halogens is 4. The van der Waals surface area contributed by atoms with Crippen molar-refractivity contribution in [2.24, 2.45) is 0 Å². The lowest BCUT2D eigenvalue weighted by Crippen LogP contribution is -2.12. The largest absolute Gasteiger partial charge is 0.433 e. The van der Waals surface area contributed by atoms with Crippen molar-refractivity contribution in [1.29, 1.82) is 0 Å². The summed E-state index contributed by atoms with van der Waals surface area (Å²) in [6.45, 7) is 3.31. The molecule has 0 spiro atoms. The van der Waals surface area contributed by atoms with Crippen LogP contribution in [0.5, 0.6) is 0 Å². The summed E-state index contributed by atoms with van der Waals surface area (Å²) < 4.78 is 39.2. The third-order valence-corrected chi connectivity index (χ3v) is 3.18. The molecule has 4 nitrogen and oxygen atoms in total. The van der Waals surface area contributed by atoms with E-state index in [1.54, 1.807) is 13.8 Å². The molecule has 0 fully saturated rings. The van der Waals surface area contributed by atoms with Gasteiger partial charge in [0.15, 0.2) is 0 Å². The molecule has 0 aliphatic carbocycles. The number of nitrogens with two attached hydrogens (primary N) is 1. The molecule has 19 heavy (non-hydrogen) atoms. The molecule has 0 saturated heterocycles. The Labute approximate surface area is 112 Å². The van der Waals surface area contributed by atoms with Crippen LogP contribution in [0.2, 0.25) is 5.02 Å². The second kappa shape index (κ2) is 4.41. The third-order valence-electron chi connectivity index (χ3n) is 2.63. The van der Waals surface area contributed by atoms with Gasteiger partial charge in [-0.3, -0.25) is 0 Å². The highest BCUT2D eigenvalue weighted by Crippen LogP contribution is 2.31. The first-order valence-corrected chi connectivity index (χ1v) is 5.64. The molecule has 0 bridgehead atoms. The van der Waals surface area contributed by atoms with Gasteiger partial charge in [0.2, 0.25) is 0 Å². The van der Waals surface area contributed by atoms with Gasteiger partial charge in [0.1, 0.15) is 5.69 Å². The fourth-order valence-electron chi connectivity index (χ4n) is 1.65. The maximum atomic E-state index is 12.6. The molecule has 2 aromatic rings. The van der Waals surface area contributed by atoms with Crippen molar-refractivity contribution in [1.82, 2.24) is 14.8 Å². The number of pyridine rings is 1. The van der Waals surface area contributed by atoms with Gasteiger partial charge in [-0.1, -0.05) is 11.6 Å². The van der Waals surface area contributed by atoms with Crippen LogP contribution in [-0.2, 0) is 6.18 Å². The normalized spacial score (nSPS) is 11.9. The highest BCUT2D eigenvalue weighted by molar-refractivity contribution is 6.31. The van der Waals surface area contributed by atoms with Crippen LogP contribution in [0, 0.1) is 13.8 Å². The van der Waals surface area contributed by atoms with Gasteiger partial charge in [0, 0.05) is 0 Å². The summed E-state index contributed by atoms with van der Waals surface area (Å²) in [5.74, 6) is 0. The van der Waals surface area contributed by atoms with Crippen molar-refractivity contribution in [3.63, 3.8) is 0 Å². The minimum atomic E-state index is -4.54. The van der Waals surface area contributed by atoms with E-state index in [2.05, 4.69) is 10.1 Å². The summed E-state index contributed by atoms with van der Waals surface area (Å²) in [4.78, 5) is 3.27. The fourth-order valence-corrected chi connectivity index (χ4v) is 1.77. The quantitative estimate of drug-likeness (QED) is 0.878. The molecule has 0 saturated carbocycles. The molecule has 2 N–H and O–H groups in total. The first-order chi connectivity index (χ1) is 8.71. The second-order valence-electron chi connectivity index (χ2n) is 4.02. The predicted molar refractivity (Wildman–Crippen MR) is 65.3 cm³/mol. The fraction of sp³-hybridized carbons (Fsp3) is 0.273. The third kappa shape index (κ3) is 2.37. The van der Waals surface area contributed by atoms with E-state index in [0.29, 0.717) is 16.4 Å². The lowest BCUT2D eigenvalue weighted by atomic mass is 10.2. The number of rotatable bonds is 1. The summed E-state index contributed by atoms with van der Waals surface area (Å²) >= 11 is 5.97. The van der Waals surface area contributed by atoms with Gasteiger partial charge in [-0.25, -0.2) is 9.67 Å². The lowest BCUT2D eigenvalue weighted by Gasteiger charge is -2.11. The number of anilines is 1. The van der Waals surface area contributed by atoms with E-state index >= 15 is 0 Å². The molecule has 2 heterocycles. The molecular weight excluding hydrogens is 281 g/mol. The van der Waals surface area contributed by atoms with Gasteiger partial charge in [0.25, 0.3) is 0 Å². The molecule has 0 atom stereocenters. The van der Waals surface area contributed by atoms with Crippen LogP contribution in [0.25, 0.3) is 5.69 Å². The number of aromatic nitrogens is 3. The van der Waals surface area contributed by atoms with Crippen molar-refractivity contribution in [3.05, 3.63) is 34.4 Å². The van der Waals surface area contributed by atoms with Crippen LogP contribution in [0.4, 0.5) is 18.9 Å². The Hall–Kier alpha value is -1.76. The molecule has 2 aromatic heterocycles. The second-order valence-corrected chi connectivity index (χ2v) is 4.40.